The van der Waals surface area contributed by atoms with E-state index < -0.39 is 11.6 Å². The molecule has 114 valence electrons. The number of hydrogen-bond donors (Lipinski definition) is 1. The number of rotatable bonds is 7. The summed E-state index contributed by atoms with van der Waals surface area (Å²) >= 11 is 5.17. The van der Waals surface area contributed by atoms with Gasteiger partial charge in [-0.3, -0.25) is 0 Å². The van der Waals surface area contributed by atoms with Crippen molar-refractivity contribution >= 4 is 27.3 Å². The van der Waals surface area contributed by atoms with Gasteiger partial charge in [0.15, 0.2) is 11.6 Å². The Balaban J connectivity index is 2.06. The van der Waals surface area contributed by atoms with Gasteiger partial charge in [0, 0.05) is 10.9 Å². The molecule has 0 saturated carbocycles. The second-order valence-corrected chi connectivity index (χ2v) is 7.56. The number of hydrogen-bond acceptors (Lipinski definition) is 2. The summed E-state index contributed by atoms with van der Waals surface area (Å²) in [5.41, 5.74) is 0.818. The van der Waals surface area contributed by atoms with Crippen LogP contribution in [0.2, 0.25) is 0 Å². The van der Waals surface area contributed by atoms with Crippen LogP contribution in [-0.2, 0) is 12.8 Å². The molecule has 1 heterocycles. The molecule has 2 rings (SSSR count). The van der Waals surface area contributed by atoms with Crippen molar-refractivity contribution < 1.29 is 8.78 Å². The first-order valence-corrected chi connectivity index (χ1v) is 8.61. The molecule has 5 heteroatoms. The number of nitrogens with one attached hydrogen (secondary N) is 1. The summed E-state index contributed by atoms with van der Waals surface area (Å²) in [6.07, 6.45) is 2.62. The monoisotopic (exact) mass is 373 g/mol. The minimum absolute atomic E-state index is 0.223. The van der Waals surface area contributed by atoms with Crippen molar-refractivity contribution in [3.05, 3.63) is 56.2 Å². The van der Waals surface area contributed by atoms with E-state index in [-0.39, 0.29) is 6.04 Å². The van der Waals surface area contributed by atoms with Crippen molar-refractivity contribution in [3.8, 4) is 0 Å². The highest BCUT2D eigenvalue weighted by Crippen LogP contribution is 2.24. The SMILES string of the molecule is CCCNC(Cc1ccc(F)c(F)c1)Cc1ccc(Br)s1. The minimum Gasteiger partial charge on any atom is -0.313 e. The standard InChI is InChI=1S/C16H18BrF2NS/c1-2-7-20-12(10-13-4-6-16(17)21-13)8-11-3-5-14(18)15(19)9-11/h3-6,9,12,20H,2,7-8,10H2,1H3. The maximum Gasteiger partial charge on any atom is 0.159 e. The summed E-state index contributed by atoms with van der Waals surface area (Å²) in [4.78, 5) is 1.28. The van der Waals surface area contributed by atoms with Crippen molar-refractivity contribution in [1.29, 1.82) is 0 Å². The van der Waals surface area contributed by atoms with Gasteiger partial charge in [-0.15, -0.1) is 11.3 Å². The lowest BCUT2D eigenvalue weighted by atomic mass is 10.0. The van der Waals surface area contributed by atoms with E-state index in [0.717, 1.165) is 28.7 Å². The third-order valence-electron chi connectivity index (χ3n) is 3.23. The lowest BCUT2D eigenvalue weighted by molar-refractivity contribution is 0.493. The van der Waals surface area contributed by atoms with Gasteiger partial charge in [0.05, 0.1) is 3.79 Å². The lowest BCUT2D eigenvalue weighted by Crippen LogP contribution is -2.33. The molecule has 21 heavy (non-hydrogen) atoms. The topological polar surface area (TPSA) is 12.0 Å². The Hall–Kier alpha value is -0.780. The molecule has 1 aromatic carbocycles. The molecule has 2 aromatic rings. The van der Waals surface area contributed by atoms with Gasteiger partial charge in [0.2, 0.25) is 0 Å². The Bertz CT molecular complexity index is 585. The fraction of sp³-hybridized carbons (Fsp3) is 0.375. The van der Waals surface area contributed by atoms with Crippen molar-refractivity contribution in [2.75, 3.05) is 6.54 Å². The first-order valence-electron chi connectivity index (χ1n) is 7.00. The predicted molar refractivity (Wildman–Crippen MR) is 87.9 cm³/mol. The summed E-state index contributed by atoms with van der Waals surface area (Å²) < 4.78 is 27.4. The van der Waals surface area contributed by atoms with E-state index in [0.29, 0.717) is 6.42 Å². The van der Waals surface area contributed by atoms with Gasteiger partial charge in [0.1, 0.15) is 0 Å². The van der Waals surface area contributed by atoms with E-state index in [2.05, 4.69) is 34.2 Å². The van der Waals surface area contributed by atoms with Gasteiger partial charge < -0.3 is 5.32 Å². The highest BCUT2D eigenvalue weighted by molar-refractivity contribution is 9.11. The van der Waals surface area contributed by atoms with Gasteiger partial charge in [0.25, 0.3) is 0 Å². The number of halogens is 3. The number of benzene rings is 1. The van der Waals surface area contributed by atoms with Crippen LogP contribution in [0, 0.1) is 11.6 Å². The smallest absolute Gasteiger partial charge is 0.159 e. The molecule has 1 nitrogen and oxygen atoms in total. The Morgan fingerprint density at radius 2 is 1.95 bits per heavy atom. The largest absolute Gasteiger partial charge is 0.313 e. The van der Waals surface area contributed by atoms with Gasteiger partial charge >= 0.3 is 0 Å². The molecule has 0 aliphatic rings. The zero-order valence-electron chi connectivity index (χ0n) is 11.8. The fourth-order valence-electron chi connectivity index (χ4n) is 2.22. The van der Waals surface area contributed by atoms with Gasteiger partial charge in [-0.25, -0.2) is 8.78 Å². The minimum atomic E-state index is -0.793. The van der Waals surface area contributed by atoms with Crippen LogP contribution in [0.1, 0.15) is 23.8 Å². The van der Waals surface area contributed by atoms with Crippen LogP contribution in [0.5, 0.6) is 0 Å². The first kappa shape index (κ1) is 16.6. The van der Waals surface area contributed by atoms with Crippen LogP contribution in [0.3, 0.4) is 0 Å². The molecule has 0 spiro atoms. The molecule has 0 saturated heterocycles. The molecule has 1 N–H and O–H groups in total. The van der Waals surface area contributed by atoms with Crippen LogP contribution >= 0.6 is 27.3 Å². The summed E-state index contributed by atoms with van der Waals surface area (Å²) in [6.45, 7) is 3.03. The molecular formula is C16H18BrF2NS. The Morgan fingerprint density at radius 3 is 2.57 bits per heavy atom. The zero-order chi connectivity index (χ0) is 15.2. The normalized spacial score (nSPS) is 12.6. The zero-order valence-corrected chi connectivity index (χ0v) is 14.2. The summed E-state index contributed by atoms with van der Waals surface area (Å²) in [5, 5.41) is 3.48. The molecule has 0 aliphatic carbocycles. The van der Waals surface area contributed by atoms with Crippen LogP contribution in [0.25, 0.3) is 0 Å². The molecule has 1 atom stereocenters. The summed E-state index contributed by atoms with van der Waals surface area (Å²) in [5.74, 6) is -1.57. The van der Waals surface area contributed by atoms with E-state index in [1.807, 2.05) is 6.07 Å². The maximum absolute atomic E-state index is 13.3. The third kappa shape index (κ3) is 5.16. The van der Waals surface area contributed by atoms with Crippen molar-refractivity contribution in [2.45, 2.75) is 32.2 Å². The highest BCUT2D eigenvalue weighted by atomic mass is 79.9. The summed E-state index contributed by atoms with van der Waals surface area (Å²) in [6, 6.07) is 8.50. The van der Waals surface area contributed by atoms with E-state index >= 15 is 0 Å². The molecule has 0 aliphatic heterocycles. The fourth-order valence-corrected chi connectivity index (χ4v) is 3.78. The van der Waals surface area contributed by atoms with E-state index in [1.54, 1.807) is 17.4 Å². The Morgan fingerprint density at radius 1 is 1.14 bits per heavy atom. The van der Waals surface area contributed by atoms with Crippen molar-refractivity contribution in [3.63, 3.8) is 0 Å². The van der Waals surface area contributed by atoms with Crippen LogP contribution < -0.4 is 5.32 Å². The summed E-state index contributed by atoms with van der Waals surface area (Å²) in [7, 11) is 0. The van der Waals surface area contributed by atoms with E-state index in [9.17, 15) is 8.78 Å². The van der Waals surface area contributed by atoms with E-state index in [4.69, 9.17) is 0 Å². The first-order chi connectivity index (χ1) is 10.1. The van der Waals surface area contributed by atoms with E-state index in [1.165, 1.54) is 17.0 Å². The molecule has 0 amide bonds. The average molecular weight is 374 g/mol. The van der Waals surface area contributed by atoms with Gasteiger partial charge in [-0.05, 0) is 71.6 Å². The second-order valence-electron chi connectivity index (χ2n) is 5.01. The van der Waals surface area contributed by atoms with Gasteiger partial charge in [-0.1, -0.05) is 13.0 Å². The van der Waals surface area contributed by atoms with Crippen molar-refractivity contribution in [2.24, 2.45) is 0 Å². The third-order valence-corrected chi connectivity index (χ3v) is 4.87. The number of thiophene rings is 1. The predicted octanol–water partition coefficient (Wildman–Crippen LogP) is 4.94. The molecule has 0 radical (unpaired) electrons. The second kappa shape index (κ2) is 8.01. The van der Waals surface area contributed by atoms with Crippen LogP contribution in [0.4, 0.5) is 8.78 Å². The molecular weight excluding hydrogens is 356 g/mol. The molecule has 0 fully saturated rings. The Kier molecular flexibility index (Phi) is 6.33. The average Bonchev–Trinajstić information content (AvgIpc) is 2.85. The molecule has 0 bridgehead atoms. The maximum atomic E-state index is 13.3. The van der Waals surface area contributed by atoms with Gasteiger partial charge in [-0.2, -0.15) is 0 Å². The molecule has 1 unspecified atom stereocenters. The van der Waals surface area contributed by atoms with Crippen molar-refractivity contribution in [1.82, 2.24) is 5.32 Å². The van der Waals surface area contributed by atoms with Crippen LogP contribution in [0.15, 0.2) is 34.1 Å². The van der Waals surface area contributed by atoms with Crippen LogP contribution in [-0.4, -0.2) is 12.6 Å². The molecule has 1 aromatic heterocycles. The lowest BCUT2D eigenvalue weighted by Gasteiger charge is -2.18. The quantitative estimate of drug-likeness (QED) is 0.724. The highest BCUT2D eigenvalue weighted by Gasteiger charge is 2.13. The Labute approximate surface area is 136 Å².